The number of amides is 1. The molecule has 0 unspecified atom stereocenters. The molecule has 0 aromatic carbocycles. The van der Waals surface area contributed by atoms with Gasteiger partial charge in [-0.2, -0.15) is 13.2 Å². The molecule has 0 radical (unpaired) electrons. The zero-order valence-corrected chi connectivity index (χ0v) is 19.2. The average molecular weight is 515 g/mol. The van der Waals surface area contributed by atoms with Gasteiger partial charge in [0.2, 0.25) is 16.0 Å². The van der Waals surface area contributed by atoms with E-state index in [0.29, 0.717) is 22.2 Å². The fourth-order valence-corrected chi connectivity index (χ4v) is 7.20. The second-order valence-electron chi connectivity index (χ2n) is 7.45. The van der Waals surface area contributed by atoms with Gasteiger partial charge in [-0.3, -0.25) is 4.79 Å². The number of piperazine rings is 1. The Morgan fingerprint density at radius 1 is 1.13 bits per heavy atom. The van der Waals surface area contributed by atoms with Crippen LogP contribution in [0.2, 0.25) is 4.34 Å². The van der Waals surface area contributed by atoms with Crippen molar-refractivity contribution in [2.45, 2.75) is 25.1 Å². The van der Waals surface area contributed by atoms with Gasteiger partial charge in [0.25, 0.3) is 0 Å². The molecular weight excluding hydrogens is 497 g/mol. The first kappa shape index (κ1) is 22.7. The van der Waals surface area contributed by atoms with Crippen molar-refractivity contribution in [1.29, 1.82) is 0 Å². The van der Waals surface area contributed by atoms with Crippen LogP contribution in [-0.2, 0) is 20.8 Å². The number of halogens is 4. The number of rotatable bonds is 3. The Hall–Kier alpha value is -1.44. The molecule has 2 aromatic heterocycles. The summed E-state index contributed by atoms with van der Waals surface area (Å²) in [7, 11) is -3.10. The van der Waals surface area contributed by atoms with Crippen molar-refractivity contribution in [1.82, 2.24) is 15.1 Å². The quantitative estimate of drug-likeness (QED) is 0.623. The number of sulfone groups is 1. The van der Waals surface area contributed by atoms with E-state index in [1.54, 1.807) is 21.9 Å². The summed E-state index contributed by atoms with van der Waals surface area (Å²) in [6, 6.07) is 3.09. The molecule has 7 nitrogen and oxygen atoms in total. The van der Waals surface area contributed by atoms with Crippen LogP contribution < -0.4 is 4.90 Å². The lowest BCUT2D eigenvalue weighted by molar-refractivity contribution is -0.139. The van der Waals surface area contributed by atoms with E-state index in [9.17, 15) is 26.4 Å². The minimum atomic E-state index is -4.56. The maximum Gasteiger partial charge on any atom is 0.445 e. The third kappa shape index (κ3) is 4.99. The first-order valence-corrected chi connectivity index (χ1v) is 13.3. The SMILES string of the molecule is O=C(C1CCS(=O)(=O)CC1)N1CCN(c2nnc(C(F)(F)F)s2)C[C@@H]1c1ccc(Cl)s1. The molecule has 2 aromatic rings. The number of hydrogen-bond acceptors (Lipinski definition) is 8. The largest absolute Gasteiger partial charge is 0.445 e. The molecule has 1 amide bonds. The van der Waals surface area contributed by atoms with Crippen LogP contribution in [0.1, 0.15) is 28.8 Å². The second-order valence-corrected chi connectivity index (χ2v) is 12.5. The molecule has 2 fully saturated rings. The number of nitrogens with zero attached hydrogens (tertiary/aromatic N) is 4. The summed E-state index contributed by atoms with van der Waals surface area (Å²) in [6.07, 6.45) is -4.00. The smallest absolute Gasteiger partial charge is 0.342 e. The van der Waals surface area contributed by atoms with Gasteiger partial charge in [-0.15, -0.1) is 21.5 Å². The molecule has 1 atom stereocenters. The van der Waals surface area contributed by atoms with Crippen molar-refractivity contribution in [3.05, 3.63) is 26.4 Å². The van der Waals surface area contributed by atoms with Crippen LogP contribution in [0.15, 0.2) is 12.1 Å². The van der Waals surface area contributed by atoms with Crippen LogP contribution in [0, 0.1) is 5.92 Å². The number of aromatic nitrogens is 2. The van der Waals surface area contributed by atoms with E-state index in [0.717, 1.165) is 4.88 Å². The number of alkyl halides is 3. The van der Waals surface area contributed by atoms with Gasteiger partial charge in [0.05, 0.1) is 21.9 Å². The van der Waals surface area contributed by atoms with Gasteiger partial charge in [-0.1, -0.05) is 22.9 Å². The third-order valence-corrected chi connectivity index (χ3v) is 9.49. The fraction of sp³-hybridized carbons (Fsp3) is 0.588. The van der Waals surface area contributed by atoms with Crippen molar-refractivity contribution in [2.24, 2.45) is 5.92 Å². The van der Waals surface area contributed by atoms with Gasteiger partial charge < -0.3 is 9.80 Å². The number of carbonyl (C=O) groups is 1. The molecule has 0 N–H and O–H groups in total. The summed E-state index contributed by atoms with van der Waals surface area (Å²) < 4.78 is 62.7. The highest BCUT2D eigenvalue weighted by Crippen LogP contribution is 2.39. The standard InChI is InChI=1S/C17H18ClF3N4O3S3/c18-13-2-1-12(29-13)11-9-24(16-23-22-15(30-16)17(19,20)21)5-6-25(11)14(26)10-3-7-31(27,28)8-4-10/h1-2,10-11H,3-9H2/t11-/m1/s1. The lowest BCUT2D eigenvalue weighted by Gasteiger charge is -2.42. The third-order valence-electron chi connectivity index (χ3n) is 5.42. The summed E-state index contributed by atoms with van der Waals surface area (Å²) in [4.78, 5) is 17.5. The Morgan fingerprint density at radius 3 is 2.42 bits per heavy atom. The normalized spacial score (nSPS) is 22.6. The summed E-state index contributed by atoms with van der Waals surface area (Å²) >= 11 is 7.86. The second kappa shape index (κ2) is 8.49. The Morgan fingerprint density at radius 2 is 1.84 bits per heavy atom. The Labute approximate surface area is 189 Å². The molecule has 4 heterocycles. The summed E-state index contributed by atoms with van der Waals surface area (Å²) in [5, 5.41) is 6.08. The van der Waals surface area contributed by atoms with Crippen molar-refractivity contribution < 1.29 is 26.4 Å². The predicted molar refractivity (Wildman–Crippen MR) is 112 cm³/mol. The molecule has 0 bridgehead atoms. The average Bonchev–Trinajstić information content (AvgIpc) is 3.36. The summed E-state index contributed by atoms with van der Waals surface area (Å²) in [5.41, 5.74) is 0. The van der Waals surface area contributed by atoms with Crippen molar-refractivity contribution >= 4 is 55.2 Å². The molecule has 0 aliphatic carbocycles. The molecule has 2 aliphatic heterocycles. The maximum absolute atomic E-state index is 13.2. The molecule has 0 saturated carbocycles. The number of anilines is 1. The molecule has 2 aliphatic rings. The Balaban J connectivity index is 1.56. The monoisotopic (exact) mass is 514 g/mol. The van der Waals surface area contributed by atoms with Gasteiger partial charge in [-0.25, -0.2) is 8.42 Å². The maximum atomic E-state index is 13.2. The molecule has 4 rings (SSSR count). The highest BCUT2D eigenvalue weighted by atomic mass is 35.5. The van der Waals surface area contributed by atoms with Crippen LogP contribution in [0.5, 0.6) is 0 Å². The zero-order valence-electron chi connectivity index (χ0n) is 16.0. The Kier molecular flexibility index (Phi) is 6.23. The number of hydrogen-bond donors (Lipinski definition) is 0. The fourth-order valence-electron chi connectivity index (χ4n) is 3.80. The van der Waals surface area contributed by atoms with Crippen LogP contribution >= 0.6 is 34.3 Å². The summed E-state index contributed by atoms with van der Waals surface area (Å²) in [5.74, 6) is -0.531. The van der Waals surface area contributed by atoms with E-state index in [-0.39, 0.29) is 54.4 Å². The van der Waals surface area contributed by atoms with E-state index in [2.05, 4.69) is 10.2 Å². The highest BCUT2D eigenvalue weighted by molar-refractivity contribution is 7.91. The molecule has 0 spiro atoms. The summed E-state index contributed by atoms with van der Waals surface area (Å²) in [6.45, 7) is 0.835. The van der Waals surface area contributed by atoms with Gasteiger partial charge >= 0.3 is 6.18 Å². The van der Waals surface area contributed by atoms with Gasteiger partial charge in [0.1, 0.15) is 9.84 Å². The lowest BCUT2D eigenvalue weighted by atomic mass is 9.98. The first-order chi connectivity index (χ1) is 14.5. The van der Waals surface area contributed by atoms with E-state index in [1.807, 2.05) is 0 Å². The molecule has 14 heteroatoms. The first-order valence-electron chi connectivity index (χ1n) is 9.45. The highest BCUT2D eigenvalue weighted by Gasteiger charge is 2.40. The van der Waals surface area contributed by atoms with Crippen molar-refractivity contribution in [3.63, 3.8) is 0 Å². The zero-order chi connectivity index (χ0) is 22.4. The molecule has 2 saturated heterocycles. The van der Waals surface area contributed by atoms with Crippen LogP contribution in [-0.4, -0.2) is 60.6 Å². The van der Waals surface area contributed by atoms with E-state index in [4.69, 9.17) is 11.6 Å². The number of thiophene rings is 1. The van der Waals surface area contributed by atoms with Crippen LogP contribution in [0.4, 0.5) is 18.3 Å². The van der Waals surface area contributed by atoms with E-state index in [1.165, 1.54) is 11.3 Å². The van der Waals surface area contributed by atoms with Crippen molar-refractivity contribution in [3.8, 4) is 0 Å². The van der Waals surface area contributed by atoms with Gasteiger partial charge in [0, 0.05) is 30.4 Å². The topological polar surface area (TPSA) is 83.5 Å². The predicted octanol–water partition coefficient (Wildman–Crippen LogP) is 3.49. The van der Waals surface area contributed by atoms with Gasteiger partial charge in [0.15, 0.2) is 0 Å². The molecule has 170 valence electrons. The van der Waals surface area contributed by atoms with Crippen molar-refractivity contribution in [2.75, 3.05) is 36.0 Å². The lowest BCUT2D eigenvalue weighted by Crippen LogP contribution is -2.52. The minimum absolute atomic E-state index is 0.0100. The minimum Gasteiger partial charge on any atom is -0.342 e. The van der Waals surface area contributed by atoms with Crippen LogP contribution in [0.3, 0.4) is 0 Å². The molecular formula is C17H18ClF3N4O3S3. The number of carbonyl (C=O) groups excluding carboxylic acids is 1. The van der Waals surface area contributed by atoms with Crippen LogP contribution in [0.25, 0.3) is 0 Å². The van der Waals surface area contributed by atoms with Gasteiger partial charge in [-0.05, 0) is 25.0 Å². The molecule has 31 heavy (non-hydrogen) atoms. The Bertz CT molecular complexity index is 1060. The van der Waals surface area contributed by atoms with E-state index >= 15 is 0 Å². The van der Waals surface area contributed by atoms with E-state index < -0.39 is 27.1 Å².